The van der Waals surface area contributed by atoms with Crippen molar-refractivity contribution in [3.8, 4) is 0 Å². The standard InChI is InChI=1S/C21H33N7O/c1-15(28-14-23-13-25-28)20(29)27-10-6-7-16(11-27)17-8-9-18(19(22-5)26-17)24-12-21(2,3)4/h8-9,13-16,24H,6-7,10-12H2,1-5H3,(H,22,26). The molecule has 2 unspecified atom stereocenters. The Morgan fingerprint density at radius 2 is 2.14 bits per heavy atom. The van der Waals surface area contributed by atoms with Crippen molar-refractivity contribution >= 4 is 17.4 Å². The number of anilines is 2. The van der Waals surface area contributed by atoms with Crippen molar-refractivity contribution in [1.29, 1.82) is 0 Å². The van der Waals surface area contributed by atoms with E-state index in [2.05, 4.69) is 53.6 Å². The van der Waals surface area contributed by atoms with Gasteiger partial charge in [-0.05, 0) is 37.3 Å². The van der Waals surface area contributed by atoms with Gasteiger partial charge in [0.2, 0.25) is 5.91 Å². The molecule has 2 atom stereocenters. The fourth-order valence-electron chi connectivity index (χ4n) is 3.61. The van der Waals surface area contributed by atoms with Crippen molar-refractivity contribution in [3.05, 3.63) is 30.5 Å². The molecule has 3 rings (SSSR count). The summed E-state index contributed by atoms with van der Waals surface area (Å²) >= 11 is 0. The Hall–Kier alpha value is -2.64. The van der Waals surface area contributed by atoms with E-state index in [1.165, 1.54) is 6.33 Å². The van der Waals surface area contributed by atoms with Crippen molar-refractivity contribution < 1.29 is 4.79 Å². The average molecular weight is 400 g/mol. The second kappa shape index (κ2) is 8.80. The molecule has 1 saturated heterocycles. The Balaban J connectivity index is 1.70. The fourth-order valence-corrected chi connectivity index (χ4v) is 3.61. The van der Waals surface area contributed by atoms with Crippen LogP contribution >= 0.6 is 0 Å². The van der Waals surface area contributed by atoms with E-state index in [1.807, 2.05) is 18.9 Å². The minimum Gasteiger partial charge on any atom is -0.382 e. The molecule has 2 aromatic rings. The normalized spacial score (nSPS) is 18.4. The van der Waals surface area contributed by atoms with Crippen LogP contribution in [0.25, 0.3) is 0 Å². The van der Waals surface area contributed by atoms with Crippen LogP contribution in [0.15, 0.2) is 24.8 Å². The van der Waals surface area contributed by atoms with Gasteiger partial charge in [0, 0.05) is 38.3 Å². The van der Waals surface area contributed by atoms with E-state index in [0.717, 1.165) is 43.1 Å². The van der Waals surface area contributed by atoms with E-state index in [1.54, 1.807) is 11.0 Å². The number of hydrogen-bond donors (Lipinski definition) is 2. The van der Waals surface area contributed by atoms with Crippen LogP contribution in [-0.2, 0) is 4.79 Å². The molecule has 29 heavy (non-hydrogen) atoms. The molecule has 0 aliphatic carbocycles. The van der Waals surface area contributed by atoms with Gasteiger partial charge in [0.05, 0.1) is 5.69 Å². The first-order valence-corrected chi connectivity index (χ1v) is 10.3. The first-order valence-electron chi connectivity index (χ1n) is 10.3. The van der Waals surface area contributed by atoms with Crippen molar-refractivity contribution in [1.82, 2.24) is 24.6 Å². The largest absolute Gasteiger partial charge is 0.382 e. The highest BCUT2D eigenvalue weighted by molar-refractivity contribution is 5.80. The predicted molar refractivity (Wildman–Crippen MR) is 115 cm³/mol. The van der Waals surface area contributed by atoms with Crippen LogP contribution in [0.3, 0.4) is 0 Å². The fraction of sp³-hybridized carbons (Fsp3) is 0.619. The number of hydrogen-bond acceptors (Lipinski definition) is 6. The second-order valence-corrected chi connectivity index (χ2v) is 8.97. The number of likely N-dealkylation sites (tertiary alicyclic amines) is 1. The van der Waals surface area contributed by atoms with Gasteiger partial charge in [-0.15, -0.1) is 0 Å². The summed E-state index contributed by atoms with van der Waals surface area (Å²) in [6, 6.07) is 3.84. The van der Waals surface area contributed by atoms with Crippen molar-refractivity contribution in [3.63, 3.8) is 0 Å². The number of piperidine rings is 1. The molecule has 3 heterocycles. The maximum atomic E-state index is 12.9. The van der Waals surface area contributed by atoms with Crippen LogP contribution < -0.4 is 10.6 Å². The Morgan fingerprint density at radius 1 is 1.34 bits per heavy atom. The van der Waals surface area contributed by atoms with Crippen LogP contribution in [0, 0.1) is 5.41 Å². The van der Waals surface area contributed by atoms with Crippen LogP contribution in [0.5, 0.6) is 0 Å². The molecular weight excluding hydrogens is 366 g/mol. The third kappa shape index (κ3) is 5.25. The van der Waals surface area contributed by atoms with E-state index in [9.17, 15) is 4.79 Å². The van der Waals surface area contributed by atoms with E-state index in [4.69, 9.17) is 4.98 Å². The Kier molecular flexibility index (Phi) is 6.39. The van der Waals surface area contributed by atoms with Crippen LogP contribution in [0.1, 0.15) is 58.2 Å². The van der Waals surface area contributed by atoms with Gasteiger partial charge in [0.1, 0.15) is 24.5 Å². The molecule has 8 heteroatoms. The first kappa shape index (κ1) is 21.1. The summed E-state index contributed by atoms with van der Waals surface area (Å²) in [6.07, 6.45) is 5.06. The second-order valence-electron chi connectivity index (χ2n) is 8.97. The summed E-state index contributed by atoms with van der Waals surface area (Å²) in [6.45, 7) is 10.8. The van der Waals surface area contributed by atoms with Crippen LogP contribution in [0.4, 0.5) is 11.5 Å². The molecule has 2 N–H and O–H groups in total. The molecule has 0 aromatic carbocycles. The predicted octanol–water partition coefficient (Wildman–Crippen LogP) is 3.14. The van der Waals surface area contributed by atoms with Crippen molar-refractivity contribution in [2.75, 3.05) is 37.3 Å². The van der Waals surface area contributed by atoms with Crippen LogP contribution in [0.2, 0.25) is 0 Å². The molecule has 2 aromatic heterocycles. The quantitative estimate of drug-likeness (QED) is 0.776. The zero-order chi connectivity index (χ0) is 21.0. The van der Waals surface area contributed by atoms with E-state index < -0.39 is 0 Å². The average Bonchev–Trinajstić information content (AvgIpc) is 3.25. The topological polar surface area (TPSA) is 88.0 Å². The lowest BCUT2D eigenvalue weighted by Gasteiger charge is -2.34. The number of rotatable bonds is 6. The molecule has 0 radical (unpaired) electrons. The number of nitrogens with one attached hydrogen (secondary N) is 2. The lowest BCUT2D eigenvalue weighted by atomic mass is 9.93. The summed E-state index contributed by atoms with van der Waals surface area (Å²) in [5.74, 6) is 1.17. The lowest BCUT2D eigenvalue weighted by molar-refractivity contribution is -0.135. The van der Waals surface area contributed by atoms with Gasteiger partial charge in [-0.2, -0.15) is 5.10 Å². The van der Waals surface area contributed by atoms with Gasteiger partial charge in [0.25, 0.3) is 0 Å². The number of carbonyl (C=O) groups excluding carboxylic acids is 1. The summed E-state index contributed by atoms with van der Waals surface area (Å²) in [4.78, 5) is 23.7. The Morgan fingerprint density at radius 3 is 2.79 bits per heavy atom. The molecule has 1 aliphatic heterocycles. The van der Waals surface area contributed by atoms with E-state index in [0.29, 0.717) is 6.54 Å². The Labute approximate surface area is 173 Å². The van der Waals surface area contributed by atoms with E-state index >= 15 is 0 Å². The number of nitrogens with zero attached hydrogens (tertiary/aromatic N) is 5. The lowest BCUT2D eigenvalue weighted by Crippen LogP contribution is -2.42. The third-order valence-electron chi connectivity index (χ3n) is 5.30. The summed E-state index contributed by atoms with van der Waals surface area (Å²) in [5, 5.41) is 10.8. The van der Waals surface area contributed by atoms with Gasteiger partial charge < -0.3 is 15.5 Å². The molecule has 0 saturated carbocycles. The Bertz CT molecular complexity index is 813. The van der Waals surface area contributed by atoms with E-state index in [-0.39, 0.29) is 23.3 Å². The third-order valence-corrected chi connectivity index (χ3v) is 5.30. The summed E-state index contributed by atoms with van der Waals surface area (Å²) in [7, 11) is 1.89. The highest BCUT2D eigenvalue weighted by Gasteiger charge is 2.29. The highest BCUT2D eigenvalue weighted by Crippen LogP contribution is 2.30. The summed E-state index contributed by atoms with van der Waals surface area (Å²) < 4.78 is 1.61. The smallest absolute Gasteiger partial charge is 0.247 e. The van der Waals surface area contributed by atoms with Gasteiger partial charge in [-0.1, -0.05) is 20.8 Å². The molecule has 0 bridgehead atoms. The maximum Gasteiger partial charge on any atom is 0.247 e. The molecule has 8 nitrogen and oxygen atoms in total. The van der Waals surface area contributed by atoms with Crippen molar-refractivity contribution in [2.45, 2.75) is 52.5 Å². The van der Waals surface area contributed by atoms with Gasteiger partial charge >= 0.3 is 0 Å². The monoisotopic (exact) mass is 399 g/mol. The van der Waals surface area contributed by atoms with Crippen molar-refractivity contribution in [2.24, 2.45) is 5.41 Å². The highest BCUT2D eigenvalue weighted by atomic mass is 16.2. The maximum absolute atomic E-state index is 12.9. The zero-order valence-electron chi connectivity index (χ0n) is 18.1. The molecule has 158 valence electrons. The molecule has 1 aliphatic rings. The molecule has 1 amide bonds. The number of carbonyl (C=O) groups is 1. The summed E-state index contributed by atoms with van der Waals surface area (Å²) in [5.41, 5.74) is 2.23. The number of pyridine rings is 1. The van der Waals surface area contributed by atoms with Gasteiger partial charge in [-0.25, -0.2) is 14.6 Å². The minimum atomic E-state index is -0.346. The zero-order valence-corrected chi connectivity index (χ0v) is 18.1. The first-order chi connectivity index (χ1) is 13.8. The minimum absolute atomic E-state index is 0.0810. The number of aromatic nitrogens is 4. The molecule has 1 fully saturated rings. The van der Waals surface area contributed by atoms with Crippen LogP contribution in [-0.4, -0.2) is 57.2 Å². The van der Waals surface area contributed by atoms with Gasteiger partial charge in [0.15, 0.2) is 0 Å². The number of amides is 1. The van der Waals surface area contributed by atoms with Gasteiger partial charge in [-0.3, -0.25) is 4.79 Å². The molecule has 0 spiro atoms. The molecular formula is C21H33N7O. The SMILES string of the molecule is CNc1nc(C2CCCN(C(=O)C(C)n3cncn3)C2)ccc1NCC(C)(C)C.